The summed E-state index contributed by atoms with van der Waals surface area (Å²) in [6, 6.07) is 0. The molecule has 0 N–H and O–H groups in total. The average molecular weight is 242 g/mol. The third-order valence-electron chi connectivity index (χ3n) is 4.19. The molecular weight excluding hydrogens is 226 g/mol. The van der Waals surface area contributed by atoms with Gasteiger partial charge in [-0.3, -0.25) is 4.90 Å². The summed E-state index contributed by atoms with van der Waals surface area (Å²) in [5.74, 6) is -1.51. The van der Waals surface area contributed by atoms with Gasteiger partial charge in [0.25, 0.3) is 5.92 Å². The predicted octanol–water partition coefficient (Wildman–Crippen LogP) is 1.44. The molecular formula is C11H16F2N4. The monoisotopic (exact) mass is 242 g/mol. The van der Waals surface area contributed by atoms with Crippen molar-refractivity contribution in [3.05, 3.63) is 12.2 Å². The normalized spacial score (nSPS) is 26.3. The Kier molecular flexibility index (Phi) is 2.26. The van der Waals surface area contributed by atoms with Crippen molar-refractivity contribution in [2.75, 3.05) is 13.1 Å². The van der Waals surface area contributed by atoms with Crippen LogP contribution in [0.3, 0.4) is 0 Å². The maximum atomic E-state index is 13.2. The van der Waals surface area contributed by atoms with Crippen LogP contribution in [0.4, 0.5) is 8.78 Å². The van der Waals surface area contributed by atoms with Crippen LogP contribution in [0.2, 0.25) is 0 Å². The van der Waals surface area contributed by atoms with E-state index in [1.54, 1.807) is 6.33 Å². The Balaban J connectivity index is 1.58. The molecule has 2 fully saturated rings. The first kappa shape index (κ1) is 11.1. The van der Waals surface area contributed by atoms with E-state index in [1.165, 1.54) is 0 Å². The van der Waals surface area contributed by atoms with Crippen LogP contribution in [-0.4, -0.2) is 38.7 Å². The zero-order valence-electron chi connectivity index (χ0n) is 9.86. The zero-order chi connectivity index (χ0) is 12.1. The van der Waals surface area contributed by atoms with Crippen molar-refractivity contribution in [2.24, 2.45) is 12.5 Å². The number of alkyl halides is 2. The predicted molar refractivity (Wildman–Crippen MR) is 57.5 cm³/mol. The Labute approximate surface area is 98.6 Å². The van der Waals surface area contributed by atoms with Gasteiger partial charge in [-0.15, -0.1) is 10.2 Å². The highest BCUT2D eigenvalue weighted by atomic mass is 19.3. The molecule has 17 heavy (non-hydrogen) atoms. The van der Waals surface area contributed by atoms with Crippen LogP contribution in [0.15, 0.2) is 6.33 Å². The van der Waals surface area contributed by atoms with Gasteiger partial charge in [0.05, 0.1) is 6.54 Å². The lowest BCUT2D eigenvalue weighted by Gasteiger charge is -2.31. The molecule has 1 aliphatic heterocycles. The fourth-order valence-electron chi connectivity index (χ4n) is 2.71. The van der Waals surface area contributed by atoms with Gasteiger partial charge in [0.1, 0.15) is 12.2 Å². The molecule has 3 rings (SSSR count). The van der Waals surface area contributed by atoms with Crippen LogP contribution >= 0.6 is 0 Å². The summed E-state index contributed by atoms with van der Waals surface area (Å²) in [5, 5.41) is 7.83. The van der Waals surface area contributed by atoms with Crippen LogP contribution in [0.1, 0.15) is 25.1 Å². The Morgan fingerprint density at radius 2 is 2.00 bits per heavy atom. The Hall–Kier alpha value is -1.04. The molecule has 1 saturated heterocycles. The molecule has 0 atom stereocenters. The third-order valence-corrected chi connectivity index (χ3v) is 4.19. The Morgan fingerprint density at radius 3 is 2.47 bits per heavy atom. The molecule has 0 aromatic carbocycles. The second-order valence-corrected chi connectivity index (χ2v) is 5.30. The lowest BCUT2D eigenvalue weighted by atomic mass is 9.93. The van der Waals surface area contributed by atoms with E-state index in [4.69, 9.17) is 0 Å². The maximum Gasteiger partial charge on any atom is 0.254 e. The van der Waals surface area contributed by atoms with Crippen molar-refractivity contribution in [1.82, 2.24) is 19.7 Å². The first-order chi connectivity index (χ1) is 8.02. The van der Waals surface area contributed by atoms with Crippen molar-refractivity contribution >= 4 is 0 Å². The van der Waals surface area contributed by atoms with Gasteiger partial charge in [0.15, 0.2) is 0 Å². The summed E-state index contributed by atoms with van der Waals surface area (Å²) < 4.78 is 28.3. The number of nitrogens with zero attached hydrogens (tertiary/aromatic N) is 4. The smallest absolute Gasteiger partial charge is 0.254 e. The first-order valence-corrected chi connectivity index (χ1v) is 5.96. The fraction of sp³-hybridized carbons (Fsp3) is 0.818. The fourth-order valence-corrected chi connectivity index (χ4v) is 2.71. The van der Waals surface area contributed by atoms with Crippen LogP contribution in [-0.2, 0) is 13.6 Å². The van der Waals surface area contributed by atoms with Crippen molar-refractivity contribution in [3.63, 3.8) is 0 Å². The Bertz CT molecular complexity index is 421. The molecule has 6 heteroatoms. The minimum Gasteiger partial charge on any atom is -0.320 e. The van der Waals surface area contributed by atoms with Gasteiger partial charge < -0.3 is 4.57 Å². The third kappa shape index (κ3) is 1.74. The lowest BCUT2D eigenvalue weighted by Crippen LogP contribution is -2.36. The lowest BCUT2D eigenvalue weighted by molar-refractivity contribution is 0.0294. The molecule has 2 heterocycles. The van der Waals surface area contributed by atoms with E-state index in [0.717, 1.165) is 18.9 Å². The molecule has 1 aromatic rings. The number of rotatable bonds is 2. The number of hydrogen-bond acceptors (Lipinski definition) is 3. The van der Waals surface area contributed by atoms with Crippen LogP contribution in [0.25, 0.3) is 0 Å². The van der Waals surface area contributed by atoms with Gasteiger partial charge in [0, 0.05) is 18.9 Å². The number of hydrogen-bond donors (Lipinski definition) is 0. The van der Waals surface area contributed by atoms with Crippen molar-refractivity contribution in [2.45, 2.75) is 31.7 Å². The average Bonchev–Trinajstić information content (AvgIpc) is 2.60. The Morgan fingerprint density at radius 1 is 1.35 bits per heavy atom. The van der Waals surface area contributed by atoms with Gasteiger partial charge in [-0.1, -0.05) is 0 Å². The van der Waals surface area contributed by atoms with Crippen molar-refractivity contribution in [1.29, 1.82) is 0 Å². The maximum absolute atomic E-state index is 13.2. The summed E-state index contributed by atoms with van der Waals surface area (Å²) in [6.45, 7) is 2.18. The molecule has 4 nitrogen and oxygen atoms in total. The molecule has 94 valence electrons. The summed E-state index contributed by atoms with van der Waals surface area (Å²) in [6.07, 6.45) is 2.98. The highest BCUT2D eigenvalue weighted by Crippen LogP contribution is 2.65. The number of aryl methyl sites for hydroxylation is 1. The number of aromatic nitrogens is 3. The van der Waals surface area contributed by atoms with Crippen LogP contribution in [0, 0.1) is 5.41 Å². The van der Waals surface area contributed by atoms with E-state index in [2.05, 4.69) is 15.1 Å². The summed E-state index contributed by atoms with van der Waals surface area (Å²) in [7, 11) is 1.90. The second-order valence-electron chi connectivity index (χ2n) is 5.30. The van der Waals surface area contributed by atoms with Gasteiger partial charge >= 0.3 is 0 Å². The summed E-state index contributed by atoms with van der Waals surface area (Å²) in [4.78, 5) is 2.18. The topological polar surface area (TPSA) is 34.0 Å². The van der Waals surface area contributed by atoms with Crippen LogP contribution in [0.5, 0.6) is 0 Å². The molecule has 0 unspecified atom stereocenters. The van der Waals surface area contributed by atoms with E-state index in [1.807, 2.05) is 11.6 Å². The van der Waals surface area contributed by atoms with E-state index >= 15 is 0 Å². The van der Waals surface area contributed by atoms with Crippen molar-refractivity contribution < 1.29 is 8.78 Å². The minimum absolute atomic E-state index is 0.0950. The van der Waals surface area contributed by atoms with E-state index in [0.29, 0.717) is 19.4 Å². The van der Waals surface area contributed by atoms with E-state index in [9.17, 15) is 8.78 Å². The van der Waals surface area contributed by atoms with Crippen molar-refractivity contribution in [3.8, 4) is 0 Å². The van der Waals surface area contributed by atoms with E-state index < -0.39 is 11.3 Å². The zero-order valence-corrected chi connectivity index (χ0v) is 9.86. The van der Waals surface area contributed by atoms with Gasteiger partial charge in [-0.25, -0.2) is 8.78 Å². The molecule has 2 aliphatic rings. The standard InChI is InChI=1S/C11H16F2N4/c1-16-8-14-15-9(16)6-17-4-2-10(3-5-17)7-11(10,12)13/h8H,2-7H2,1H3. The van der Waals surface area contributed by atoms with Gasteiger partial charge in [-0.2, -0.15) is 0 Å². The molecule has 0 bridgehead atoms. The summed E-state index contributed by atoms with van der Waals surface area (Å²) >= 11 is 0. The molecule has 1 aliphatic carbocycles. The SMILES string of the molecule is Cn1cnnc1CN1CCC2(CC1)CC2(F)F. The number of halogens is 2. The van der Waals surface area contributed by atoms with Gasteiger partial charge in [0.2, 0.25) is 0 Å². The number of piperidine rings is 1. The molecule has 0 radical (unpaired) electrons. The molecule has 1 spiro atoms. The summed E-state index contributed by atoms with van der Waals surface area (Å²) in [5.41, 5.74) is -0.663. The number of likely N-dealkylation sites (tertiary alicyclic amines) is 1. The quantitative estimate of drug-likeness (QED) is 0.787. The molecule has 1 aromatic heterocycles. The highest BCUT2D eigenvalue weighted by molar-refractivity contribution is 5.11. The van der Waals surface area contributed by atoms with E-state index in [-0.39, 0.29) is 6.42 Å². The first-order valence-electron chi connectivity index (χ1n) is 5.96. The molecule has 1 saturated carbocycles. The minimum atomic E-state index is -2.40. The largest absolute Gasteiger partial charge is 0.320 e. The van der Waals surface area contributed by atoms with Gasteiger partial charge in [-0.05, 0) is 25.9 Å². The highest BCUT2D eigenvalue weighted by Gasteiger charge is 2.70. The second kappa shape index (κ2) is 3.48. The molecule has 0 amide bonds. The van der Waals surface area contributed by atoms with Crippen LogP contribution < -0.4 is 0 Å².